The molecule has 2 aromatic carbocycles. The number of fused-ring (bicyclic) bond motifs is 1. The van der Waals surface area contributed by atoms with Crippen LogP contribution >= 0.6 is 11.8 Å². The lowest BCUT2D eigenvalue weighted by Gasteiger charge is -2.06. The van der Waals surface area contributed by atoms with E-state index in [4.69, 9.17) is 0 Å². The Bertz CT molecular complexity index is 870. The minimum Gasteiger partial charge on any atom is -0.258 e. The number of nitro benzene ring substituents is 1. The molecule has 4 nitrogen and oxygen atoms in total. The van der Waals surface area contributed by atoms with Gasteiger partial charge < -0.3 is 0 Å². The number of pyridine rings is 1. The molecular formula is C17H13FN2O2S. The number of thioether (sulfide) groups is 1. The normalized spacial score (nSPS) is 10.8. The lowest BCUT2D eigenvalue weighted by atomic mass is 10.1. The van der Waals surface area contributed by atoms with Gasteiger partial charge in [0.05, 0.1) is 10.4 Å². The summed E-state index contributed by atoms with van der Waals surface area (Å²) in [5.74, 6) is 0.928. The highest BCUT2D eigenvalue weighted by atomic mass is 32.2. The van der Waals surface area contributed by atoms with Crippen molar-refractivity contribution in [1.82, 2.24) is 4.98 Å². The van der Waals surface area contributed by atoms with Crippen LogP contribution in [0.15, 0.2) is 54.7 Å². The largest absolute Gasteiger partial charge is 0.269 e. The predicted octanol–water partition coefficient (Wildman–Crippen LogP) is 4.72. The minimum absolute atomic E-state index is 0.0842. The van der Waals surface area contributed by atoms with Crippen LogP contribution in [0.3, 0.4) is 0 Å². The molecule has 0 saturated heterocycles. The number of benzene rings is 2. The van der Waals surface area contributed by atoms with Gasteiger partial charge in [-0.25, -0.2) is 4.39 Å². The van der Waals surface area contributed by atoms with E-state index in [0.29, 0.717) is 11.5 Å². The first-order chi connectivity index (χ1) is 11.1. The second-order valence-electron chi connectivity index (χ2n) is 5.06. The Labute approximate surface area is 136 Å². The van der Waals surface area contributed by atoms with Gasteiger partial charge in [0.2, 0.25) is 0 Å². The van der Waals surface area contributed by atoms with Crippen molar-refractivity contribution < 1.29 is 9.31 Å². The second kappa shape index (κ2) is 6.75. The summed E-state index contributed by atoms with van der Waals surface area (Å²) in [4.78, 5) is 14.7. The van der Waals surface area contributed by atoms with Crippen LogP contribution in [0.2, 0.25) is 0 Å². The van der Waals surface area contributed by atoms with E-state index >= 15 is 0 Å². The summed E-state index contributed by atoms with van der Waals surface area (Å²) in [5.41, 5.74) is 2.58. The van der Waals surface area contributed by atoms with Gasteiger partial charge in [-0.1, -0.05) is 18.2 Å². The molecule has 23 heavy (non-hydrogen) atoms. The van der Waals surface area contributed by atoms with E-state index in [1.54, 1.807) is 36.2 Å². The number of aromatic nitrogens is 1. The van der Waals surface area contributed by atoms with Gasteiger partial charge in [0.25, 0.3) is 5.69 Å². The van der Waals surface area contributed by atoms with Crippen molar-refractivity contribution in [2.24, 2.45) is 0 Å². The molecule has 0 saturated carbocycles. The fraction of sp³-hybridized carbons (Fsp3) is 0.118. The highest BCUT2D eigenvalue weighted by molar-refractivity contribution is 7.97. The molecule has 0 amide bonds. The predicted molar refractivity (Wildman–Crippen MR) is 89.8 cm³/mol. The highest BCUT2D eigenvalue weighted by Gasteiger charge is 2.08. The first kappa shape index (κ1) is 15.4. The third kappa shape index (κ3) is 3.65. The molecule has 0 bridgehead atoms. The quantitative estimate of drug-likeness (QED) is 0.502. The van der Waals surface area contributed by atoms with Crippen LogP contribution in [-0.4, -0.2) is 9.91 Å². The second-order valence-corrected chi connectivity index (χ2v) is 6.05. The van der Waals surface area contributed by atoms with Crippen molar-refractivity contribution in [3.8, 4) is 0 Å². The third-order valence-corrected chi connectivity index (χ3v) is 4.45. The third-order valence-electron chi connectivity index (χ3n) is 3.40. The van der Waals surface area contributed by atoms with E-state index in [1.165, 1.54) is 18.2 Å². The number of halogens is 1. The van der Waals surface area contributed by atoms with Crippen molar-refractivity contribution in [2.75, 3.05) is 0 Å². The lowest BCUT2D eigenvalue weighted by molar-refractivity contribution is -0.384. The monoisotopic (exact) mass is 328 g/mol. The molecule has 116 valence electrons. The Morgan fingerprint density at radius 3 is 2.83 bits per heavy atom. The molecule has 0 radical (unpaired) electrons. The molecule has 0 aliphatic carbocycles. The maximum Gasteiger partial charge on any atom is 0.269 e. The van der Waals surface area contributed by atoms with E-state index in [1.807, 2.05) is 12.1 Å². The molecule has 0 unspecified atom stereocenters. The number of hydrogen-bond donors (Lipinski definition) is 0. The minimum atomic E-state index is -0.405. The fourth-order valence-corrected chi connectivity index (χ4v) is 3.33. The van der Waals surface area contributed by atoms with Crippen LogP contribution < -0.4 is 0 Å². The van der Waals surface area contributed by atoms with Crippen LogP contribution in [-0.2, 0) is 11.5 Å². The average molecular weight is 328 g/mol. The molecule has 1 heterocycles. The fourth-order valence-electron chi connectivity index (χ4n) is 2.38. The first-order valence-electron chi connectivity index (χ1n) is 6.98. The zero-order valence-electron chi connectivity index (χ0n) is 12.1. The van der Waals surface area contributed by atoms with Gasteiger partial charge in [0.1, 0.15) is 5.82 Å². The average Bonchev–Trinajstić information content (AvgIpc) is 2.55. The molecule has 6 heteroatoms. The zero-order valence-corrected chi connectivity index (χ0v) is 12.9. The molecule has 0 atom stereocenters. The first-order valence-corrected chi connectivity index (χ1v) is 8.13. The number of non-ortho nitro benzene ring substituents is 1. The lowest BCUT2D eigenvalue weighted by Crippen LogP contribution is -1.92. The Hall–Kier alpha value is -2.47. The Morgan fingerprint density at radius 2 is 2.00 bits per heavy atom. The van der Waals surface area contributed by atoms with Crippen molar-refractivity contribution >= 4 is 28.4 Å². The molecular weight excluding hydrogens is 315 g/mol. The summed E-state index contributed by atoms with van der Waals surface area (Å²) >= 11 is 1.57. The molecule has 1 aromatic heterocycles. The van der Waals surface area contributed by atoms with Crippen molar-refractivity contribution in [3.05, 3.63) is 81.8 Å². The molecule has 0 aliphatic rings. The molecule has 0 aliphatic heterocycles. The summed E-state index contributed by atoms with van der Waals surface area (Å²) in [5, 5.41) is 11.6. The summed E-state index contributed by atoms with van der Waals surface area (Å²) in [6.07, 6.45) is 1.69. The van der Waals surface area contributed by atoms with Gasteiger partial charge in [0, 0.05) is 35.2 Å². The Morgan fingerprint density at radius 1 is 1.13 bits per heavy atom. The van der Waals surface area contributed by atoms with Gasteiger partial charge in [-0.15, -0.1) is 0 Å². The van der Waals surface area contributed by atoms with Crippen LogP contribution in [0.25, 0.3) is 10.9 Å². The summed E-state index contributed by atoms with van der Waals surface area (Å²) in [6.45, 7) is 0. The van der Waals surface area contributed by atoms with E-state index in [-0.39, 0.29) is 11.5 Å². The maximum atomic E-state index is 13.7. The molecule has 0 spiro atoms. The molecule has 0 N–H and O–H groups in total. The summed E-state index contributed by atoms with van der Waals surface area (Å²) in [7, 11) is 0. The number of nitro groups is 1. The number of rotatable bonds is 5. The van der Waals surface area contributed by atoms with Crippen LogP contribution in [0.1, 0.15) is 11.1 Å². The summed E-state index contributed by atoms with van der Waals surface area (Å²) in [6, 6.07) is 13.1. The number of nitrogens with zero attached hydrogens (tertiary/aromatic N) is 2. The van der Waals surface area contributed by atoms with Crippen LogP contribution in [0, 0.1) is 15.9 Å². The standard InChI is InChI=1S/C17H13FN2O2S/c18-15-8-13-4-2-6-19-17(13)14(9-15)11-23-10-12-3-1-5-16(7-12)20(21)22/h1-9H,10-11H2. The SMILES string of the molecule is O=[N+]([O-])c1cccc(CSCc2cc(F)cc3cccnc23)c1. The topological polar surface area (TPSA) is 56.0 Å². The van der Waals surface area contributed by atoms with Crippen LogP contribution in [0.5, 0.6) is 0 Å². The van der Waals surface area contributed by atoms with Gasteiger partial charge in [0.15, 0.2) is 0 Å². The van der Waals surface area contributed by atoms with Gasteiger partial charge in [-0.3, -0.25) is 15.1 Å². The number of hydrogen-bond acceptors (Lipinski definition) is 4. The highest BCUT2D eigenvalue weighted by Crippen LogP contribution is 2.25. The van der Waals surface area contributed by atoms with Crippen LogP contribution in [0.4, 0.5) is 10.1 Å². The van der Waals surface area contributed by atoms with Gasteiger partial charge in [-0.2, -0.15) is 11.8 Å². The van der Waals surface area contributed by atoms with E-state index in [2.05, 4.69) is 4.98 Å². The Kier molecular flexibility index (Phi) is 4.52. The van der Waals surface area contributed by atoms with E-state index in [0.717, 1.165) is 22.0 Å². The molecule has 3 rings (SSSR count). The van der Waals surface area contributed by atoms with Gasteiger partial charge >= 0.3 is 0 Å². The smallest absolute Gasteiger partial charge is 0.258 e. The van der Waals surface area contributed by atoms with E-state index < -0.39 is 4.92 Å². The maximum absolute atomic E-state index is 13.7. The molecule has 3 aromatic rings. The van der Waals surface area contributed by atoms with Gasteiger partial charge in [-0.05, 0) is 29.3 Å². The zero-order chi connectivity index (χ0) is 16.2. The van der Waals surface area contributed by atoms with Crippen molar-refractivity contribution in [2.45, 2.75) is 11.5 Å². The Balaban J connectivity index is 1.74. The van der Waals surface area contributed by atoms with Crippen molar-refractivity contribution in [1.29, 1.82) is 0 Å². The van der Waals surface area contributed by atoms with E-state index in [9.17, 15) is 14.5 Å². The molecule has 0 fully saturated rings. The summed E-state index contributed by atoms with van der Waals surface area (Å²) < 4.78 is 13.7. The van der Waals surface area contributed by atoms with Crippen molar-refractivity contribution in [3.63, 3.8) is 0 Å².